The monoisotopic (exact) mass is 286 g/mol. The SMILES string of the molecule is C/C=C/CCNS(=O)(=O)c1ccc(CNC(C)C)o1. The highest BCUT2D eigenvalue weighted by Gasteiger charge is 2.17. The van der Waals surface area contributed by atoms with Crippen molar-refractivity contribution in [3.63, 3.8) is 0 Å². The zero-order valence-electron chi connectivity index (χ0n) is 11.6. The van der Waals surface area contributed by atoms with Gasteiger partial charge in [0.15, 0.2) is 0 Å². The lowest BCUT2D eigenvalue weighted by Gasteiger charge is -2.05. The smallest absolute Gasteiger partial charge is 0.273 e. The maximum absolute atomic E-state index is 11.9. The van der Waals surface area contributed by atoms with Crippen molar-refractivity contribution >= 4 is 10.0 Å². The minimum absolute atomic E-state index is 0.0338. The summed E-state index contributed by atoms with van der Waals surface area (Å²) >= 11 is 0. The average Bonchev–Trinajstić information content (AvgIpc) is 2.82. The number of hydrogen-bond donors (Lipinski definition) is 2. The van der Waals surface area contributed by atoms with Gasteiger partial charge in [0.2, 0.25) is 5.09 Å². The molecule has 0 unspecified atom stereocenters. The standard InChI is InChI=1S/C13H22N2O3S/c1-4-5-6-9-15-19(16,17)13-8-7-12(18-13)10-14-11(2)3/h4-5,7-8,11,14-15H,6,9-10H2,1-3H3/b5-4+. The van der Waals surface area contributed by atoms with Crippen LogP contribution in [0.25, 0.3) is 0 Å². The van der Waals surface area contributed by atoms with Crippen LogP contribution in [-0.4, -0.2) is 21.0 Å². The fourth-order valence-electron chi connectivity index (χ4n) is 1.42. The van der Waals surface area contributed by atoms with Crippen molar-refractivity contribution in [3.05, 3.63) is 30.0 Å². The first-order chi connectivity index (χ1) is 8.95. The van der Waals surface area contributed by atoms with Gasteiger partial charge in [0, 0.05) is 12.6 Å². The fourth-order valence-corrected chi connectivity index (χ4v) is 2.41. The van der Waals surface area contributed by atoms with Crippen LogP contribution in [0.1, 0.15) is 33.0 Å². The van der Waals surface area contributed by atoms with E-state index in [0.717, 1.165) is 0 Å². The van der Waals surface area contributed by atoms with E-state index in [9.17, 15) is 8.42 Å². The minimum atomic E-state index is -3.54. The van der Waals surface area contributed by atoms with Gasteiger partial charge in [0.25, 0.3) is 10.0 Å². The van der Waals surface area contributed by atoms with Crippen molar-refractivity contribution in [3.8, 4) is 0 Å². The van der Waals surface area contributed by atoms with E-state index in [1.165, 1.54) is 6.07 Å². The Morgan fingerprint density at radius 3 is 2.74 bits per heavy atom. The van der Waals surface area contributed by atoms with Crippen LogP contribution >= 0.6 is 0 Å². The molecule has 0 aromatic carbocycles. The molecule has 0 spiro atoms. The summed E-state index contributed by atoms with van der Waals surface area (Å²) in [5.41, 5.74) is 0. The van der Waals surface area contributed by atoms with E-state index in [4.69, 9.17) is 4.42 Å². The molecule has 1 heterocycles. The van der Waals surface area contributed by atoms with Gasteiger partial charge in [-0.25, -0.2) is 13.1 Å². The molecule has 0 saturated heterocycles. The number of sulfonamides is 1. The molecule has 0 bridgehead atoms. The average molecular weight is 286 g/mol. The molecule has 19 heavy (non-hydrogen) atoms. The summed E-state index contributed by atoms with van der Waals surface area (Å²) < 4.78 is 31.6. The van der Waals surface area contributed by atoms with Crippen LogP contribution in [0, 0.1) is 0 Å². The van der Waals surface area contributed by atoms with Crippen molar-refractivity contribution in [2.24, 2.45) is 0 Å². The molecule has 0 atom stereocenters. The number of rotatable bonds is 8. The summed E-state index contributed by atoms with van der Waals surface area (Å²) in [6, 6.07) is 3.48. The molecule has 0 radical (unpaired) electrons. The van der Waals surface area contributed by atoms with Crippen molar-refractivity contribution in [1.82, 2.24) is 10.0 Å². The van der Waals surface area contributed by atoms with Gasteiger partial charge < -0.3 is 9.73 Å². The molecule has 6 heteroatoms. The number of nitrogens with one attached hydrogen (secondary N) is 2. The van der Waals surface area contributed by atoms with Crippen LogP contribution in [0.15, 0.2) is 33.8 Å². The van der Waals surface area contributed by atoms with Gasteiger partial charge >= 0.3 is 0 Å². The Hall–Kier alpha value is -1.11. The second-order valence-electron chi connectivity index (χ2n) is 4.51. The Labute approximate surface area is 115 Å². The van der Waals surface area contributed by atoms with E-state index < -0.39 is 10.0 Å². The van der Waals surface area contributed by atoms with Crippen LogP contribution in [0.5, 0.6) is 0 Å². The van der Waals surface area contributed by atoms with E-state index >= 15 is 0 Å². The molecular weight excluding hydrogens is 264 g/mol. The molecule has 108 valence electrons. The number of hydrogen-bond acceptors (Lipinski definition) is 4. The molecule has 2 N–H and O–H groups in total. The quantitative estimate of drug-likeness (QED) is 0.566. The van der Waals surface area contributed by atoms with Crippen LogP contribution in [-0.2, 0) is 16.6 Å². The summed E-state index contributed by atoms with van der Waals surface area (Å²) in [6.45, 7) is 6.82. The Bertz CT molecular complexity index is 504. The first-order valence-electron chi connectivity index (χ1n) is 6.38. The third-order valence-electron chi connectivity index (χ3n) is 2.43. The van der Waals surface area contributed by atoms with Gasteiger partial charge in [-0.1, -0.05) is 26.0 Å². The van der Waals surface area contributed by atoms with Crippen molar-refractivity contribution in [1.29, 1.82) is 0 Å². The van der Waals surface area contributed by atoms with E-state index in [-0.39, 0.29) is 5.09 Å². The zero-order valence-corrected chi connectivity index (χ0v) is 12.5. The predicted octanol–water partition coefficient (Wildman–Crippen LogP) is 2.02. The number of furan rings is 1. The van der Waals surface area contributed by atoms with Crippen LogP contribution in [0.3, 0.4) is 0 Å². The molecule has 0 saturated carbocycles. The second kappa shape index (κ2) is 7.47. The molecular formula is C13H22N2O3S. The summed E-state index contributed by atoms with van der Waals surface area (Å²) in [4.78, 5) is 0. The molecule has 0 amide bonds. The molecule has 0 aliphatic rings. The molecule has 5 nitrogen and oxygen atoms in total. The molecule has 0 aliphatic carbocycles. The van der Waals surface area contributed by atoms with Crippen LogP contribution < -0.4 is 10.0 Å². The summed E-state index contributed by atoms with van der Waals surface area (Å²) in [6.07, 6.45) is 4.46. The minimum Gasteiger partial charge on any atom is -0.447 e. The lowest BCUT2D eigenvalue weighted by atomic mass is 10.3. The van der Waals surface area contributed by atoms with Gasteiger partial charge in [-0.2, -0.15) is 0 Å². The highest BCUT2D eigenvalue weighted by molar-refractivity contribution is 7.89. The lowest BCUT2D eigenvalue weighted by Crippen LogP contribution is -2.24. The highest BCUT2D eigenvalue weighted by atomic mass is 32.2. The maximum atomic E-state index is 11.9. The molecule has 1 aromatic rings. The topological polar surface area (TPSA) is 71.3 Å². The second-order valence-corrected chi connectivity index (χ2v) is 6.21. The summed E-state index contributed by atoms with van der Waals surface area (Å²) in [7, 11) is -3.54. The van der Waals surface area contributed by atoms with Gasteiger partial charge in [-0.05, 0) is 25.5 Å². The van der Waals surface area contributed by atoms with E-state index in [1.807, 2.05) is 32.9 Å². The fraction of sp³-hybridized carbons (Fsp3) is 0.538. The van der Waals surface area contributed by atoms with Crippen molar-refractivity contribution in [2.45, 2.75) is 44.9 Å². The lowest BCUT2D eigenvalue weighted by molar-refractivity contribution is 0.393. The highest BCUT2D eigenvalue weighted by Crippen LogP contribution is 2.13. The van der Waals surface area contributed by atoms with E-state index in [2.05, 4.69) is 10.0 Å². The summed E-state index contributed by atoms with van der Waals surface area (Å²) in [5.74, 6) is 0.613. The normalized spacial score (nSPS) is 12.6. The van der Waals surface area contributed by atoms with Crippen molar-refractivity contribution < 1.29 is 12.8 Å². The van der Waals surface area contributed by atoms with Crippen molar-refractivity contribution in [2.75, 3.05) is 6.54 Å². The first-order valence-corrected chi connectivity index (χ1v) is 7.87. The predicted molar refractivity (Wildman–Crippen MR) is 75.3 cm³/mol. The Morgan fingerprint density at radius 1 is 1.37 bits per heavy atom. The van der Waals surface area contributed by atoms with E-state index in [0.29, 0.717) is 31.3 Å². The maximum Gasteiger partial charge on any atom is 0.273 e. The van der Waals surface area contributed by atoms with Gasteiger partial charge in [-0.15, -0.1) is 0 Å². The molecule has 0 aliphatic heterocycles. The van der Waals surface area contributed by atoms with Gasteiger partial charge in [-0.3, -0.25) is 0 Å². The molecule has 1 aromatic heterocycles. The van der Waals surface area contributed by atoms with Crippen LogP contribution in [0.2, 0.25) is 0 Å². The zero-order chi connectivity index (χ0) is 14.3. The third kappa shape index (κ3) is 5.59. The summed E-state index contributed by atoms with van der Waals surface area (Å²) in [5, 5.41) is 3.13. The molecule has 0 fully saturated rings. The van der Waals surface area contributed by atoms with Gasteiger partial charge in [0.05, 0.1) is 6.54 Å². The van der Waals surface area contributed by atoms with E-state index in [1.54, 1.807) is 6.07 Å². The number of allylic oxidation sites excluding steroid dienone is 1. The Morgan fingerprint density at radius 2 is 2.11 bits per heavy atom. The third-order valence-corrected chi connectivity index (χ3v) is 3.76. The Kier molecular flexibility index (Phi) is 6.27. The largest absolute Gasteiger partial charge is 0.447 e. The van der Waals surface area contributed by atoms with Gasteiger partial charge in [0.1, 0.15) is 5.76 Å². The Balaban J connectivity index is 2.58. The first kappa shape index (κ1) is 15.9. The molecule has 1 rings (SSSR count). The van der Waals surface area contributed by atoms with Crippen LogP contribution in [0.4, 0.5) is 0 Å².